The summed E-state index contributed by atoms with van der Waals surface area (Å²) in [6.45, 7) is 3.74. The van der Waals surface area contributed by atoms with Crippen LogP contribution in [0.5, 0.6) is 0 Å². The number of amides is 1. The maximum atomic E-state index is 14.4. The van der Waals surface area contributed by atoms with Gasteiger partial charge in [-0.2, -0.15) is 5.26 Å². The fraction of sp³-hybridized carbons (Fsp3) is 0.619. The number of nitrogens with one attached hydrogen (secondary N) is 2. The van der Waals surface area contributed by atoms with E-state index in [1.807, 2.05) is 6.07 Å². The number of fused-ring (bicyclic) bond motifs is 2. The Morgan fingerprint density at radius 3 is 2.79 bits per heavy atom. The molecule has 3 aliphatic rings. The van der Waals surface area contributed by atoms with Gasteiger partial charge in [0.1, 0.15) is 11.9 Å². The zero-order valence-corrected chi connectivity index (χ0v) is 16.3. The van der Waals surface area contributed by atoms with Crippen LogP contribution < -0.4 is 15.5 Å². The molecule has 1 aromatic carbocycles. The van der Waals surface area contributed by atoms with E-state index in [1.165, 1.54) is 6.07 Å². The van der Waals surface area contributed by atoms with Crippen LogP contribution in [0.15, 0.2) is 18.2 Å². The molecule has 2 N–H and O–H groups in total. The number of halogens is 1. The first kappa shape index (κ1) is 19.2. The second-order valence-electron chi connectivity index (χ2n) is 8.37. The molecule has 3 unspecified atom stereocenters. The Bertz CT molecular complexity index is 771. The topological polar surface area (TPSA) is 71.4 Å². The normalized spacial score (nSPS) is 28.2. The molecule has 1 amide bonds. The van der Waals surface area contributed by atoms with Crippen LogP contribution in [0.25, 0.3) is 0 Å². The standard InChI is InChI=1S/C21H28FN5O/c1-26-6-8-27(9-7-26)18-4-5-19(22)15(12-18)11-17(13-23)25-21(28)20-14-2-3-16(10-14)24-20/h4-5,12,14,16-17,20,24H,2-3,6-11H2,1H3,(H,25,28)/t14?,16?,17-,20?/m0/s1. The third kappa shape index (κ3) is 3.98. The molecule has 0 aromatic heterocycles. The third-order valence-electron chi connectivity index (χ3n) is 6.44. The largest absolute Gasteiger partial charge is 0.369 e. The van der Waals surface area contributed by atoms with Gasteiger partial charge in [-0.15, -0.1) is 0 Å². The average molecular weight is 385 g/mol. The molecule has 7 heteroatoms. The number of piperazine rings is 1. The number of benzene rings is 1. The SMILES string of the molecule is CN1CCN(c2ccc(F)c(C[C@@H](C#N)NC(=O)C3NC4CCC3C4)c2)CC1. The minimum atomic E-state index is -0.731. The molecule has 1 aromatic rings. The second kappa shape index (κ2) is 8.06. The first-order valence-electron chi connectivity index (χ1n) is 10.2. The summed E-state index contributed by atoms with van der Waals surface area (Å²) < 4.78 is 14.4. The number of hydrogen-bond acceptors (Lipinski definition) is 5. The number of carbonyl (C=O) groups excluding carboxylic acids is 1. The van der Waals surface area contributed by atoms with E-state index >= 15 is 0 Å². The van der Waals surface area contributed by atoms with Crippen molar-refractivity contribution >= 4 is 11.6 Å². The van der Waals surface area contributed by atoms with Crippen LogP contribution in [0.4, 0.5) is 10.1 Å². The molecule has 4 atom stereocenters. The molecule has 28 heavy (non-hydrogen) atoms. The Labute approximate surface area is 165 Å². The molecule has 2 saturated heterocycles. The van der Waals surface area contributed by atoms with Crippen molar-refractivity contribution in [3.05, 3.63) is 29.6 Å². The molecule has 1 aliphatic carbocycles. The van der Waals surface area contributed by atoms with E-state index < -0.39 is 6.04 Å². The molecule has 1 saturated carbocycles. The Balaban J connectivity index is 1.41. The predicted octanol–water partition coefficient (Wildman–Crippen LogP) is 1.27. The van der Waals surface area contributed by atoms with Gasteiger partial charge < -0.3 is 20.4 Å². The molecule has 0 spiro atoms. The zero-order chi connectivity index (χ0) is 19.7. The summed E-state index contributed by atoms with van der Waals surface area (Å²) >= 11 is 0. The van der Waals surface area contributed by atoms with Crippen molar-refractivity contribution in [2.24, 2.45) is 5.92 Å². The minimum absolute atomic E-state index is 0.130. The predicted molar refractivity (Wildman–Crippen MR) is 105 cm³/mol. The molecule has 150 valence electrons. The average Bonchev–Trinajstić information content (AvgIpc) is 3.33. The van der Waals surface area contributed by atoms with Crippen molar-refractivity contribution in [3.63, 3.8) is 0 Å². The highest BCUT2D eigenvalue weighted by atomic mass is 19.1. The smallest absolute Gasteiger partial charge is 0.238 e. The van der Waals surface area contributed by atoms with Gasteiger partial charge in [-0.1, -0.05) is 0 Å². The summed E-state index contributed by atoms with van der Waals surface area (Å²) in [7, 11) is 2.10. The van der Waals surface area contributed by atoms with Crippen molar-refractivity contribution in [1.29, 1.82) is 5.26 Å². The molecule has 0 radical (unpaired) electrons. The highest BCUT2D eigenvalue weighted by Gasteiger charge is 2.43. The van der Waals surface area contributed by atoms with Crippen LogP contribution in [0.1, 0.15) is 24.8 Å². The Morgan fingerprint density at radius 1 is 1.36 bits per heavy atom. The summed E-state index contributed by atoms with van der Waals surface area (Å²) in [6.07, 6.45) is 3.41. The van der Waals surface area contributed by atoms with Crippen LogP contribution >= 0.6 is 0 Å². The summed E-state index contributed by atoms with van der Waals surface area (Å²) in [6, 6.07) is 6.71. The van der Waals surface area contributed by atoms with Gasteiger partial charge in [0.05, 0.1) is 12.1 Å². The summed E-state index contributed by atoms with van der Waals surface area (Å²) in [5, 5.41) is 15.7. The molecule has 3 fully saturated rings. The number of anilines is 1. The molecule has 6 nitrogen and oxygen atoms in total. The number of rotatable bonds is 5. The lowest BCUT2D eigenvalue weighted by Crippen LogP contribution is -2.50. The fourth-order valence-electron chi connectivity index (χ4n) is 4.74. The monoisotopic (exact) mass is 385 g/mol. The Kier molecular flexibility index (Phi) is 5.51. The summed E-state index contributed by atoms with van der Waals surface area (Å²) in [5.74, 6) is -0.0959. The summed E-state index contributed by atoms with van der Waals surface area (Å²) in [5.41, 5.74) is 1.45. The van der Waals surface area contributed by atoms with Gasteiger partial charge in [0, 0.05) is 44.3 Å². The molecular weight excluding hydrogens is 357 g/mol. The highest BCUT2D eigenvalue weighted by molar-refractivity contribution is 5.83. The Morgan fingerprint density at radius 2 is 2.14 bits per heavy atom. The van der Waals surface area contributed by atoms with Gasteiger partial charge >= 0.3 is 0 Å². The van der Waals surface area contributed by atoms with Crippen molar-refractivity contribution < 1.29 is 9.18 Å². The second-order valence-corrected chi connectivity index (χ2v) is 8.37. The van der Waals surface area contributed by atoms with Crippen molar-refractivity contribution in [2.45, 2.75) is 43.8 Å². The van der Waals surface area contributed by atoms with E-state index in [0.29, 0.717) is 17.5 Å². The lowest BCUT2D eigenvalue weighted by molar-refractivity contribution is -0.124. The maximum Gasteiger partial charge on any atom is 0.238 e. The lowest BCUT2D eigenvalue weighted by atomic mass is 9.98. The fourth-order valence-corrected chi connectivity index (χ4v) is 4.74. The van der Waals surface area contributed by atoms with E-state index in [9.17, 15) is 14.4 Å². The molecule has 2 bridgehead atoms. The van der Waals surface area contributed by atoms with Gasteiger partial charge in [0.15, 0.2) is 0 Å². The van der Waals surface area contributed by atoms with E-state index in [1.54, 1.807) is 6.07 Å². The number of nitriles is 1. The highest BCUT2D eigenvalue weighted by Crippen LogP contribution is 2.35. The van der Waals surface area contributed by atoms with Crippen LogP contribution in [-0.4, -0.2) is 62.2 Å². The van der Waals surface area contributed by atoms with E-state index in [4.69, 9.17) is 0 Å². The van der Waals surface area contributed by atoms with Crippen molar-refractivity contribution in [2.75, 3.05) is 38.1 Å². The Hall–Kier alpha value is -2.17. The van der Waals surface area contributed by atoms with E-state index in [0.717, 1.165) is 51.1 Å². The quantitative estimate of drug-likeness (QED) is 0.799. The van der Waals surface area contributed by atoms with Crippen LogP contribution in [0, 0.1) is 23.1 Å². The van der Waals surface area contributed by atoms with Gasteiger partial charge in [-0.3, -0.25) is 4.79 Å². The van der Waals surface area contributed by atoms with Gasteiger partial charge in [0.2, 0.25) is 5.91 Å². The van der Waals surface area contributed by atoms with Crippen molar-refractivity contribution in [1.82, 2.24) is 15.5 Å². The molecule has 2 heterocycles. The number of nitrogens with zero attached hydrogens (tertiary/aromatic N) is 3. The van der Waals surface area contributed by atoms with E-state index in [2.05, 4.69) is 33.6 Å². The summed E-state index contributed by atoms with van der Waals surface area (Å²) in [4.78, 5) is 17.1. The van der Waals surface area contributed by atoms with Gasteiger partial charge in [0.25, 0.3) is 0 Å². The number of likely N-dealkylation sites (N-methyl/N-ethyl adjacent to an activating group) is 1. The maximum absolute atomic E-state index is 14.4. The van der Waals surface area contributed by atoms with Gasteiger partial charge in [-0.05, 0) is 56.0 Å². The van der Waals surface area contributed by atoms with E-state index in [-0.39, 0.29) is 24.2 Å². The molecule has 4 rings (SSSR count). The molecule has 2 aliphatic heterocycles. The third-order valence-corrected chi connectivity index (χ3v) is 6.44. The lowest BCUT2D eigenvalue weighted by Gasteiger charge is -2.34. The first-order chi connectivity index (χ1) is 13.5. The van der Waals surface area contributed by atoms with Crippen LogP contribution in [-0.2, 0) is 11.2 Å². The van der Waals surface area contributed by atoms with Crippen LogP contribution in [0.2, 0.25) is 0 Å². The van der Waals surface area contributed by atoms with Crippen molar-refractivity contribution in [3.8, 4) is 6.07 Å². The zero-order valence-electron chi connectivity index (χ0n) is 16.3. The molecular formula is C21H28FN5O. The number of hydrogen-bond donors (Lipinski definition) is 2. The number of carbonyl (C=O) groups is 1. The minimum Gasteiger partial charge on any atom is -0.369 e. The number of piperidine rings is 1. The first-order valence-corrected chi connectivity index (χ1v) is 10.2. The van der Waals surface area contributed by atoms with Gasteiger partial charge in [-0.25, -0.2) is 4.39 Å². The van der Waals surface area contributed by atoms with Crippen LogP contribution in [0.3, 0.4) is 0 Å².